The van der Waals surface area contributed by atoms with Crippen LogP contribution in [0, 0.1) is 6.92 Å². The average molecular weight is 537 g/mol. The molecule has 0 amide bonds. The van der Waals surface area contributed by atoms with Crippen LogP contribution in [0.3, 0.4) is 0 Å². The smallest absolute Gasteiger partial charge is 0.336 e. The maximum absolute atomic E-state index is 14.1. The molecule has 0 aliphatic heterocycles. The molecule has 0 aliphatic carbocycles. The highest BCUT2D eigenvalue weighted by Crippen LogP contribution is 2.39. The number of allylic oxidation sites excluding steroid dienone is 1. The molecule has 0 radical (unpaired) electrons. The predicted octanol–water partition coefficient (Wildman–Crippen LogP) is 5.01. The van der Waals surface area contributed by atoms with Crippen molar-refractivity contribution >= 4 is 17.3 Å². The molecule has 206 valence electrons. The van der Waals surface area contributed by atoms with Crippen LogP contribution >= 0.6 is 0 Å². The van der Waals surface area contributed by atoms with E-state index in [0.29, 0.717) is 45.6 Å². The van der Waals surface area contributed by atoms with E-state index in [0.717, 1.165) is 5.56 Å². The fourth-order valence-electron chi connectivity index (χ4n) is 4.28. The molecule has 0 saturated heterocycles. The summed E-state index contributed by atoms with van der Waals surface area (Å²) in [4.78, 5) is 27.0. The van der Waals surface area contributed by atoms with Crippen LogP contribution in [0.4, 0.5) is 0 Å². The summed E-state index contributed by atoms with van der Waals surface area (Å²) in [6.07, 6.45) is -0.124. The molecule has 0 unspecified atom stereocenters. The molecule has 1 N–H and O–H groups in total. The van der Waals surface area contributed by atoms with Gasteiger partial charge in [0.2, 0.25) is 0 Å². The summed E-state index contributed by atoms with van der Waals surface area (Å²) >= 11 is 0. The fraction of sp³-hybridized carbons (Fsp3) is 0.267. The third-order valence-corrected chi connectivity index (χ3v) is 6.26. The van der Waals surface area contributed by atoms with Gasteiger partial charge in [0.1, 0.15) is 34.5 Å². The number of Topliss-reactive ketones (excluding diaryl/α,β-unsaturated/α-hetero) is 1. The number of aliphatic carboxylic acids is 1. The van der Waals surface area contributed by atoms with Gasteiger partial charge in [-0.15, -0.1) is 0 Å². The minimum Gasteiger partial charge on any atom is -0.497 e. The van der Waals surface area contributed by atoms with Crippen molar-refractivity contribution in [2.24, 2.45) is 0 Å². The summed E-state index contributed by atoms with van der Waals surface area (Å²) in [6, 6.07) is 12.9. The lowest BCUT2D eigenvalue weighted by Crippen LogP contribution is -2.15. The van der Waals surface area contributed by atoms with Gasteiger partial charge in [0.15, 0.2) is 5.78 Å². The number of hydrogen-bond donors (Lipinski definition) is 1. The number of benzene rings is 3. The summed E-state index contributed by atoms with van der Waals surface area (Å²) in [6.45, 7) is 1.81. The molecule has 0 bridgehead atoms. The zero-order chi connectivity index (χ0) is 28.7. The third kappa shape index (κ3) is 6.26. The van der Waals surface area contributed by atoms with E-state index in [1.165, 1.54) is 42.7 Å². The van der Waals surface area contributed by atoms with Crippen molar-refractivity contribution in [2.45, 2.75) is 13.3 Å². The van der Waals surface area contributed by atoms with E-state index in [-0.39, 0.29) is 23.1 Å². The van der Waals surface area contributed by atoms with Gasteiger partial charge in [0.25, 0.3) is 0 Å². The topological polar surface area (TPSA) is 110 Å². The van der Waals surface area contributed by atoms with Crippen molar-refractivity contribution in [3.63, 3.8) is 0 Å². The maximum Gasteiger partial charge on any atom is 0.336 e. The minimum absolute atomic E-state index is 0.00383. The Kier molecular flexibility index (Phi) is 9.43. The van der Waals surface area contributed by atoms with Crippen LogP contribution in [-0.2, 0) is 11.2 Å². The normalized spacial score (nSPS) is 11.3. The Bertz CT molecular complexity index is 1360. The van der Waals surface area contributed by atoms with Crippen LogP contribution in [0.2, 0.25) is 0 Å². The maximum atomic E-state index is 14.1. The molecule has 0 saturated carbocycles. The first-order chi connectivity index (χ1) is 18.7. The SMILES string of the molecule is COc1cc(OC)cc(C(C(=O)O)=C(Cc2c(OC)cc(OC)cc2OC)C(=O)c2ccc(OC)c(C)c2)c1. The highest BCUT2D eigenvalue weighted by Gasteiger charge is 2.28. The van der Waals surface area contributed by atoms with Gasteiger partial charge in [0.05, 0.1) is 48.2 Å². The number of methoxy groups -OCH3 is 6. The van der Waals surface area contributed by atoms with Crippen LogP contribution in [-0.4, -0.2) is 59.5 Å². The summed E-state index contributed by atoms with van der Waals surface area (Å²) < 4.78 is 32.6. The van der Waals surface area contributed by atoms with Crippen molar-refractivity contribution < 1.29 is 43.1 Å². The van der Waals surface area contributed by atoms with Gasteiger partial charge in [0, 0.05) is 41.3 Å². The van der Waals surface area contributed by atoms with Gasteiger partial charge >= 0.3 is 5.97 Å². The zero-order valence-corrected chi connectivity index (χ0v) is 23.0. The molecular formula is C30H32O9. The van der Waals surface area contributed by atoms with Gasteiger partial charge in [-0.1, -0.05) is 0 Å². The van der Waals surface area contributed by atoms with Crippen molar-refractivity contribution in [3.05, 3.63) is 76.4 Å². The van der Waals surface area contributed by atoms with Crippen LogP contribution in [0.15, 0.2) is 54.1 Å². The zero-order valence-electron chi connectivity index (χ0n) is 23.0. The number of rotatable bonds is 12. The Labute approximate surface area is 227 Å². The fourth-order valence-corrected chi connectivity index (χ4v) is 4.28. The predicted molar refractivity (Wildman–Crippen MR) is 146 cm³/mol. The molecule has 39 heavy (non-hydrogen) atoms. The average Bonchev–Trinajstić information content (AvgIpc) is 2.95. The quantitative estimate of drug-likeness (QED) is 0.252. The Morgan fingerprint density at radius 3 is 1.59 bits per heavy atom. The Morgan fingerprint density at radius 2 is 1.15 bits per heavy atom. The lowest BCUT2D eigenvalue weighted by atomic mass is 9.88. The minimum atomic E-state index is -1.30. The third-order valence-electron chi connectivity index (χ3n) is 6.26. The molecular weight excluding hydrogens is 504 g/mol. The monoisotopic (exact) mass is 536 g/mol. The molecule has 0 spiro atoms. The van der Waals surface area contributed by atoms with Crippen molar-refractivity contribution in [3.8, 4) is 34.5 Å². The van der Waals surface area contributed by atoms with Crippen LogP contribution < -0.4 is 28.4 Å². The summed E-state index contributed by atoms with van der Waals surface area (Å²) in [5.74, 6) is 0.776. The summed E-state index contributed by atoms with van der Waals surface area (Å²) in [5.41, 5.74) is 1.52. The van der Waals surface area contributed by atoms with E-state index in [1.807, 2.05) is 0 Å². The molecule has 3 aromatic rings. The number of carboxylic acids is 1. The van der Waals surface area contributed by atoms with E-state index in [9.17, 15) is 14.7 Å². The highest BCUT2D eigenvalue weighted by atomic mass is 16.5. The Hall–Kier alpha value is -4.66. The van der Waals surface area contributed by atoms with Gasteiger partial charge in [-0.3, -0.25) is 4.79 Å². The first-order valence-corrected chi connectivity index (χ1v) is 11.9. The standard InChI is InChI=1S/C30H32O9/c1-17-10-18(8-9-25(17)37-5)29(31)24(16-23-26(38-6)14-22(36-4)15-27(23)39-7)28(30(32)33)19-11-20(34-2)13-21(12-19)35-3/h8-15H,16H2,1-7H3,(H,32,33). The van der Waals surface area contributed by atoms with Crippen molar-refractivity contribution in [1.29, 1.82) is 0 Å². The molecule has 3 rings (SSSR count). The number of hydrogen-bond acceptors (Lipinski definition) is 8. The lowest BCUT2D eigenvalue weighted by Gasteiger charge is -2.19. The van der Waals surface area contributed by atoms with Crippen molar-refractivity contribution in [1.82, 2.24) is 0 Å². The first kappa shape index (κ1) is 28.9. The van der Waals surface area contributed by atoms with Gasteiger partial charge in [-0.25, -0.2) is 4.79 Å². The molecule has 0 aliphatic rings. The molecule has 3 aromatic carbocycles. The number of carbonyl (C=O) groups is 2. The molecule has 9 heteroatoms. The second-order valence-electron chi connectivity index (χ2n) is 8.46. The van der Waals surface area contributed by atoms with Crippen molar-refractivity contribution in [2.75, 3.05) is 42.7 Å². The molecule has 9 nitrogen and oxygen atoms in total. The molecule has 0 heterocycles. The van der Waals surface area contributed by atoms with Gasteiger partial charge in [-0.05, 0) is 48.4 Å². The Morgan fingerprint density at radius 1 is 0.641 bits per heavy atom. The largest absolute Gasteiger partial charge is 0.497 e. The summed E-state index contributed by atoms with van der Waals surface area (Å²) in [7, 11) is 8.91. The van der Waals surface area contributed by atoms with E-state index in [1.54, 1.807) is 55.5 Å². The first-order valence-electron chi connectivity index (χ1n) is 11.9. The van der Waals surface area contributed by atoms with E-state index < -0.39 is 11.8 Å². The highest BCUT2D eigenvalue weighted by molar-refractivity contribution is 6.26. The molecule has 0 atom stereocenters. The number of carboxylic acid groups (broad SMARTS) is 1. The number of ketones is 1. The van der Waals surface area contributed by atoms with Gasteiger partial charge in [-0.2, -0.15) is 0 Å². The molecule has 0 aromatic heterocycles. The second-order valence-corrected chi connectivity index (χ2v) is 8.46. The molecule has 0 fully saturated rings. The summed E-state index contributed by atoms with van der Waals surface area (Å²) in [5, 5.41) is 10.5. The second kappa shape index (κ2) is 12.7. The van der Waals surface area contributed by atoms with E-state index >= 15 is 0 Å². The van der Waals surface area contributed by atoms with Gasteiger partial charge < -0.3 is 33.5 Å². The number of carbonyl (C=O) groups excluding carboxylic acids is 1. The number of aryl methyl sites for hydroxylation is 1. The van der Waals surface area contributed by atoms with Crippen LogP contribution in [0.1, 0.15) is 27.0 Å². The van der Waals surface area contributed by atoms with E-state index in [2.05, 4.69) is 0 Å². The number of ether oxygens (including phenoxy) is 6. The Balaban J connectivity index is 2.38. The van der Waals surface area contributed by atoms with Crippen LogP contribution in [0.5, 0.6) is 34.5 Å². The van der Waals surface area contributed by atoms with E-state index in [4.69, 9.17) is 28.4 Å². The lowest BCUT2D eigenvalue weighted by molar-refractivity contribution is -0.130. The van der Waals surface area contributed by atoms with Crippen LogP contribution in [0.25, 0.3) is 5.57 Å².